The zero-order chi connectivity index (χ0) is 23.5. The molecule has 0 aliphatic carbocycles. The molecule has 5 aromatic rings. The van der Waals surface area contributed by atoms with Crippen LogP contribution in [0.15, 0.2) is 83.9 Å². The number of benzene rings is 3. The summed E-state index contributed by atoms with van der Waals surface area (Å²) in [6, 6.07) is 24.3. The molecule has 1 N–H and O–H groups in total. The summed E-state index contributed by atoms with van der Waals surface area (Å²) in [5.41, 5.74) is 3.84. The van der Waals surface area contributed by atoms with Gasteiger partial charge < -0.3 is 10.1 Å². The van der Waals surface area contributed by atoms with Gasteiger partial charge in [-0.25, -0.2) is 9.78 Å². The van der Waals surface area contributed by atoms with Gasteiger partial charge in [0.25, 0.3) is 0 Å². The van der Waals surface area contributed by atoms with Crippen molar-refractivity contribution in [1.29, 1.82) is 0 Å². The number of rotatable bonds is 6. The van der Waals surface area contributed by atoms with Gasteiger partial charge in [0.05, 0.1) is 35.1 Å². The topological polar surface area (TPSA) is 98.5 Å². The fourth-order valence-electron chi connectivity index (χ4n) is 3.63. The van der Waals surface area contributed by atoms with Crippen LogP contribution in [0.25, 0.3) is 28.1 Å². The van der Waals surface area contributed by atoms with Crippen molar-refractivity contribution in [2.45, 2.75) is 5.03 Å². The van der Waals surface area contributed by atoms with E-state index in [9.17, 15) is 9.59 Å². The zero-order valence-corrected chi connectivity index (χ0v) is 19.0. The second-order valence-corrected chi connectivity index (χ2v) is 8.29. The molecule has 5 rings (SSSR count). The van der Waals surface area contributed by atoms with Crippen LogP contribution in [0, 0.1) is 0 Å². The smallest absolute Gasteiger partial charge is 0.339 e. The number of nitrogens with one attached hydrogen (secondary N) is 1. The van der Waals surface area contributed by atoms with Gasteiger partial charge in [-0.05, 0) is 24.3 Å². The lowest BCUT2D eigenvalue weighted by Gasteiger charge is -2.10. The van der Waals surface area contributed by atoms with E-state index in [2.05, 4.69) is 15.5 Å². The first-order chi connectivity index (χ1) is 16.7. The highest BCUT2D eigenvalue weighted by Gasteiger charge is 2.18. The molecule has 0 bridgehead atoms. The molecule has 1 amide bonds. The van der Waals surface area contributed by atoms with E-state index in [1.807, 2.05) is 59.0 Å². The SMILES string of the molecule is COC(=O)c1ccccc1NC(=O)CSc1nc2ccccc2n2c(-c3ccccc3)nnc12. The molecular formula is C25H19N5O3S. The molecule has 0 spiro atoms. The van der Waals surface area contributed by atoms with Crippen LogP contribution < -0.4 is 5.32 Å². The monoisotopic (exact) mass is 469 g/mol. The van der Waals surface area contributed by atoms with E-state index >= 15 is 0 Å². The van der Waals surface area contributed by atoms with Crippen LogP contribution in [0.3, 0.4) is 0 Å². The number of nitrogens with zero attached hydrogens (tertiary/aromatic N) is 4. The van der Waals surface area contributed by atoms with Crippen LogP contribution in [0.5, 0.6) is 0 Å². The zero-order valence-electron chi connectivity index (χ0n) is 18.1. The largest absolute Gasteiger partial charge is 0.465 e. The lowest BCUT2D eigenvalue weighted by atomic mass is 10.2. The predicted molar refractivity (Wildman–Crippen MR) is 131 cm³/mol. The second-order valence-electron chi connectivity index (χ2n) is 7.33. The third-order valence-corrected chi connectivity index (χ3v) is 6.13. The number of amides is 1. The maximum Gasteiger partial charge on any atom is 0.339 e. The average molecular weight is 470 g/mol. The Hall–Kier alpha value is -4.24. The van der Waals surface area contributed by atoms with Gasteiger partial charge in [0.2, 0.25) is 5.91 Å². The minimum atomic E-state index is -0.515. The number of anilines is 1. The van der Waals surface area contributed by atoms with Crippen molar-refractivity contribution in [3.63, 3.8) is 0 Å². The summed E-state index contributed by atoms with van der Waals surface area (Å²) >= 11 is 1.26. The number of esters is 1. The van der Waals surface area contributed by atoms with E-state index in [1.54, 1.807) is 24.3 Å². The van der Waals surface area contributed by atoms with Crippen molar-refractivity contribution in [2.75, 3.05) is 18.2 Å². The summed E-state index contributed by atoms with van der Waals surface area (Å²) in [6.07, 6.45) is 0. The summed E-state index contributed by atoms with van der Waals surface area (Å²) in [5.74, 6) is -0.0209. The molecule has 3 aromatic carbocycles. The Morgan fingerprint density at radius 1 is 0.941 bits per heavy atom. The quantitative estimate of drug-likeness (QED) is 0.290. The van der Waals surface area contributed by atoms with Gasteiger partial charge in [-0.3, -0.25) is 9.20 Å². The molecule has 2 aromatic heterocycles. The number of carbonyl (C=O) groups is 2. The van der Waals surface area contributed by atoms with Crippen molar-refractivity contribution >= 4 is 46.0 Å². The van der Waals surface area contributed by atoms with E-state index in [0.717, 1.165) is 16.6 Å². The number of hydrogen-bond donors (Lipinski definition) is 1. The molecule has 34 heavy (non-hydrogen) atoms. The Balaban J connectivity index is 1.46. The van der Waals surface area contributed by atoms with Crippen molar-refractivity contribution in [3.8, 4) is 11.4 Å². The molecule has 0 saturated carbocycles. The molecule has 0 unspecified atom stereocenters. The Morgan fingerprint density at radius 3 is 2.50 bits per heavy atom. The van der Waals surface area contributed by atoms with Gasteiger partial charge in [0.1, 0.15) is 5.03 Å². The van der Waals surface area contributed by atoms with Crippen molar-refractivity contribution in [2.24, 2.45) is 0 Å². The van der Waals surface area contributed by atoms with Crippen LogP contribution in [0.2, 0.25) is 0 Å². The predicted octanol–water partition coefficient (Wildman–Crippen LogP) is 4.46. The van der Waals surface area contributed by atoms with Gasteiger partial charge in [-0.15, -0.1) is 10.2 Å². The highest BCUT2D eigenvalue weighted by Crippen LogP contribution is 2.29. The first-order valence-corrected chi connectivity index (χ1v) is 11.4. The lowest BCUT2D eigenvalue weighted by Crippen LogP contribution is -2.17. The fraction of sp³-hybridized carbons (Fsp3) is 0.0800. The Labute approximate surface area is 199 Å². The van der Waals surface area contributed by atoms with E-state index in [-0.39, 0.29) is 11.7 Å². The molecule has 2 heterocycles. The fourth-order valence-corrected chi connectivity index (χ4v) is 4.39. The number of thioether (sulfide) groups is 1. The standard InChI is InChI=1S/C25H19N5O3S/c1-33-25(32)17-11-5-6-12-18(17)26-21(31)15-34-24-23-29-28-22(16-9-3-2-4-10-16)30(23)20-14-8-7-13-19(20)27-24/h2-14H,15H2,1H3,(H,26,31). The number of carbonyl (C=O) groups excluding carboxylic acids is 2. The highest BCUT2D eigenvalue weighted by atomic mass is 32.2. The highest BCUT2D eigenvalue weighted by molar-refractivity contribution is 8.00. The molecule has 9 heteroatoms. The van der Waals surface area contributed by atoms with Gasteiger partial charge in [-0.1, -0.05) is 66.4 Å². The molecule has 0 radical (unpaired) electrons. The molecule has 0 aliphatic rings. The maximum atomic E-state index is 12.7. The number of fused-ring (bicyclic) bond motifs is 3. The number of aromatic nitrogens is 4. The maximum absolute atomic E-state index is 12.7. The van der Waals surface area contributed by atoms with Crippen LogP contribution in [-0.2, 0) is 9.53 Å². The molecule has 8 nitrogen and oxygen atoms in total. The van der Waals surface area contributed by atoms with Crippen LogP contribution in [0.4, 0.5) is 5.69 Å². The Bertz CT molecular complexity index is 1520. The van der Waals surface area contributed by atoms with Gasteiger partial charge in [0.15, 0.2) is 11.5 Å². The lowest BCUT2D eigenvalue weighted by molar-refractivity contribution is -0.113. The third-order valence-electron chi connectivity index (χ3n) is 5.18. The summed E-state index contributed by atoms with van der Waals surface area (Å²) in [7, 11) is 1.30. The minimum absolute atomic E-state index is 0.0734. The second kappa shape index (κ2) is 9.32. The van der Waals surface area contributed by atoms with E-state index in [4.69, 9.17) is 9.72 Å². The van der Waals surface area contributed by atoms with Gasteiger partial charge >= 0.3 is 5.97 Å². The number of hydrogen-bond acceptors (Lipinski definition) is 7. The van der Waals surface area contributed by atoms with Crippen molar-refractivity contribution in [3.05, 3.63) is 84.4 Å². The van der Waals surface area contributed by atoms with Crippen LogP contribution in [0.1, 0.15) is 10.4 Å². The summed E-state index contributed by atoms with van der Waals surface area (Å²) in [6.45, 7) is 0. The number of ether oxygens (including phenoxy) is 1. The first-order valence-electron chi connectivity index (χ1n) is 10.4. The normalized spacial score (nSPS) is 11.0. The van der Waals surface area contributed by atoms with Crippen LogP contribution >= 0.6 is 11.8 Å². The molecule has 0 atom stereocenters. The minimum Gasteiger partial charge on any atom is -0.465 e. The van der Waals surface area contributed by atoms with Gasteiger partial charge in [0, 0.05) is 5.56 Å². The van der Waals surface area contributed by atoms with Crippen molar-refractivity contribution < 1.29 is 14.3 Å². The molecule has 0 aliphatic heterocycles. The molecule has 0 fully saturated rings. The van der Waals surface area contributed by atoms with E-state index in [0.29, 0.717) is 27.7 Å². The number of methoxy groups -OCH3 is 1. The molecule has 168 valence electrons. The van der Waals surface area contributed by atoms with Gasteiger partial charge in [-0.2, -0.15) is 0 Å². The summed E-state index contributed by atoms with van der Waals surface area (Å²) < 4.78 is 6.76. The molecule has 0 saturated heterocycles. The number of para-hydroxylation sites is 3. The first kappa shape index (κ1) is 21.6. The third kappa shape index (κ3) is 4.08. The molecular weight excluding hydrogens is 450 g/mol. The van der Waals surface area contributed by atoms with E-state index < -0.39 is 5.97 Å². The van der Waals surface area contributed by atoms with E-state index in [1.165, 1.54) is 18.9 Å². The summed E-state index contributed by atoms with van der Waals surface area (Å²) in [4.78, 5) is 29.4. The van der Waals surface area contributed by atoms with Crippen molar-refractivity contribution in [1.82, 2.24) is 19.6 Å². The Morgan fingerprint density at radius 2 is 1.68 bits per heavy atom. The van der Waals surface area contributed by atoms with Crippen LogP contribution in [-0.4, -0.2) is 44.3 Å². The summed E-state index contributed by atoms with van der Waals surface area (Å²) in [5, 5.41) is 12.2. The average Bonchev–Trinajstić information content (AvgIpc) is 3.33. The Kier molecular flexibility index (Phi) is 5.92.